The first-order valence-corrected chi connectivity index (χ1v) is 7.38. The van der Waals surface area contributed by atoms with Crippen molar-refractivity contribution in [2.24, 2.45) is 5.92 Å². The van der Waals surface area contributed by atoms with Gasteiger partial charge in [0.15, 0.2) is 0 Å². The third-order valence-corrected chi connectivity index (χ3v) is 3.02. The second-order valence-electron chi connectivity index (χ2n) is 4.53. The summed E-state index contributed by atoms with van der Waals surface area (Å²) in [5.74, 6) is -0.0195. The molecule has 0 heteroatoms. The van der Waals surface area contributed by atoms with Gasteiger partial charge in [0, 0.05) is 5.92 Å². The molecule has 0 aliphatic carbocycles. The third kappa shape index (κ3) is 7.10. The van der Waals surface area contributed by atoms with Gasteiger partial charge in [-0.3, -0.25) is 0 Å². The molecule has 0 aliphatic rings. The predicted octanol–water partition coefficient (Wildman–Crippen LogP) is 6.61. The average molecular weight is 302 g/mol. The van der Waals surface area contributed by atoms with Crippen molar-refractivity contribution in [3.63, 3.8) is 0 Å². The maximum absolute atomic E-state index is 3.94. The van der Waals surface area contributed by atoms with Crippen LogP contribution in [0.25, 0.3) is 0 Å². The van der Waals surface area contributed by atoms with Crippen LogP contribution in [-0.4, -0.2) is 0 Å². The van der Waals surface area contributed by atoms with Gasteiger partial charge in [-0.1, -0.05) is 118 Å². The third-order valence-electron chi connectivity index (χ3n) is 3.02. The van der Waals surface area contributed by atoms with Crippen molar-refractivity contribution in [2.45, 2.75) is 0 Å². The summed E-state index contributed by atoms with van der Waals surface area (Å²) < 4.78 is 0. The van der Waals surface area contributed by atoms with E-state index >= 15 is 0 Å². The molecule has 0 saturated heterocycles. The fourth-order valence-electron chi connectivity index (χ4n) is 2.12. The van der Waals surface area contributed by atoms with Crippen LogP contribution in [0.5, 0.6) is 0 Å². The monoisotopic (exact) mass is 302 g/mol. The Balaban J connectivity index is 6.40. The lowest BCUT2D eigenvalue weighted by Crippen LogP contribution is -2.08. The number of allylic oxidation sites excluding steroid dienone is 16. The van der Waals surface area contributed by atoms with Gasteiger partial charge in [0.2, 0.25) is 0 Å². The van der Waals surface area contributed by atoms with Crippen LogP contribution in [0.3, 0.4) is 0 Å². The summed E-state index contributed by atoms with van der Waals surface area (Å²) in [6.45, 7) is 22.8. The van der Waals surface area contributed by atoms with Crippen LogP contribution in [0.15, 0.2) is 135 Å². The van der Waals surface area contributed by atoms with Gasteiger partial charge in [0.05, 0.1) is 0 Å². The lowest BCUT2D eigenvalue weighted by molar-refractivity contribution is 0.906. The zero-order valence-electron chi connectivity index (χ0n) is 13.8. The molecule has 0 radical (unpaired) electrons. The minimum atomic E-state index is -0.0195. The van der Waals surface area contributed by atoms with E-state index in [9.17, 15) is 0 Å². The average Bonchev–Trinajstić information content (AvgIpc) is 2.56. The van der Waals surface area contributed by atoms with Gasteiger partial charge < -0.3 is 0 Å². The lowest BCUT2D eigenvalue weighted by Gasteiger charge is -2.21. The number of hydrogen-bond acceptors (Lipinski definition) is 0. The molecule has 0 saturated carbocycles. The standard InChI is InChI=1S/C23H26/c1-7-13-18-21(16-10-4)23(20(12-6)15-9-3)22(17-11-5)19-14-8-2/h7-19,23H,1-6H2/b18-13-,19-14-,20-15+,21-16+,22-17+. The summed E-state index contributed by atoms with van der Waals surface area (Å²) in [7, 11) is 0. The molecule has 0 aromatic heterocycles. The molecule has 23 heavy (non-hydrogen) atoms. The van der Waals surface area contributed by atoms with Gasteiger partial charge in [-0.25, -0.2) is 0 Å². The van der Waals surface area contributed by atoms with Crippen LogP contribution in [0.4, 0.5) is 0 Å². The maximum Gasteiger partial charge on any atom is 0.0339 e. The van der Waals surface area contributed by atoms with Gasteiger partial charge in [0.1, 0.15) is 0 Å². The molecule has 0 aromatic carbocycles. The number of rotatable bonds is 11. The summed E-state index contributed by atoms with van der Waals surface area (Å²) in [6.07, 6.45) is 24.4. The Labute approximate surface area is 141 Å². The quantitative estimate of drug-likeness (QED) is 0.377. The summed E-state index contributed by atoms with van der Waals surface area (Å²) in [5.41, 5.74) is 3.16. The Bertz CT molecular complexity index is 558. The molecule has 0 nitrogen and oxygen atoms in total. The molecule has 0 aliphatic heterocycles. The number of hydrogen-bond donors (Lipinski definition) is 0. The van der Waals surface area contributed by atoms with Gasteiger partial charge in [0.25, 0.3) is 0 Å². The van der Waals surface area contributed by atoms with Crippen LogP contribution in [0.2, 0.25) is 0 Å². The van der Waals surface area contributed by atoms with Gasteiger partial charge in [-0.15, -0.1) is 0 Å². The van der Waals surface area contributed by atoms with Gasteiger partial charge in [-0.05, 0) is 16.7 Å². The summed E-state index contributed by atoms with van der Waals surface area (Å²) in [6, 6.07) is 0. The van der Waals surface area contributed by atoms with Crippen molar-refractivity contribution >= 4 is 0 Å². The molecule has 0 N–H and O–H groups in total. The zero-order valence-corrected chi connectivity index (χ0v) is 13.8. The molecule has 0 amide bonds. The van der Waals surface area contributed by atoms with E-state index in [2.05, 4.69) is 39.5 Å². The van der Waals surface area contributed by atoms with E-state index in [1.54, 1.807) is 30.4 Å². The van der Waals surface area contributed by atoms with Crippen molar-refractivity contribution < 1.29 is 0 Å². The summed E-state index contributed by atoms with van der Waals surface area (Å²) >= 11 is 0. The molecule has 0 bridgehead atoms. The van der Waals surface area contributed by atoms with E-state index in [-0.39, 0.29) is 5.92 Å². The topological polar surface area (TPSA) is 0 Å². The first kappa shape index (κ1) is 20.1. The molecule has 0 spiro atoms. The minimum Gasteiger partial charge on any atom is -0.0991 e. The second kappa shape index (κ2) is 12.8. The van der Waals surface area contributed by atoms with Crippen LogP contribution in [0.1, 0.15) is 0 Å². The van der Waals surface area contributed by atoms with E-state index < -0.39 is 0 Å². The molecule has 0 rings (SSSR count). The smallest absolute Gasteiger partial charge is 0.0339 e. The highest BCUT2D eigenvalue weighted by atomic mass is 14.2. The van der Waals surface area contributed by atoms with E-state index in [1.165, 1.54) is 0 Å². The van der Waals surface area contributed by atoms with E-state index in [4.69, 9.17) is 0 Å². The first-order valence-electron chi connectivity index (χ1n) is 7.38. The molecule has 118 valence electrons. The van der Waals surface area contributed by atoms with Crippen molar-refractivity contribution in [3.8, 4) is 0 Å². The second-order valence-corrected chi connectivity index (χ2v) is 4.53. The molecular formula is C23H26. The summed E-state index contributed by atoms with van der Waals surface area (Å²) in [5, 5.41) is 0. The zero-order chi connectivity index (χ0) is 17.5. The van der Waals surface area contributed by atoms with Gasteiger partial charge in [-0.2, -0.15) is 0 Å². The Hall–Kier alpha value is -2.86. The van der Waals surface area contributed by atoms with Crippen LogP contribution >= 0.6 is 0 Å². The van der Waals surface area contributed by atoms with Crippen LogP contribution < -0.4 is 0 Å². The highest BCUT2D eigenvalue weighted by molar-refractivity contribution is 5.49. The maximum atomic E-state index is 3.94. The molecule has 0 atom stereocenters. The largest absolute Gasteiger partial charge is 0.0991 e. The van der Waals surface area contributed by atoms with Crippen molar-refractivity contribution in [3.05, 3.63) is 135 Å². The molecule has 0 heterocycles. The molecule has 0 unspecified atom stereocenters. The van der Waals surface area contributed by atoms with Crippen LogP contribution in [0, 0.1) is 5.92 Å². The highest BCUT2D eigenvalue weighted by Gasteiger charge is 2.18. The van der Waals surface area contributed by atoms with Crippen molar-refractivity contribution in [2.75, 3.05) is 0 Å². The fourth-order valence-corrected chi connectivity index (χ4v) is 2.12. The molecule has 0 aromatic rings. The lowest BCUT2D eigenvalue weighted by atomic mass is 9.82. The van der Waals surface area contributed by atoms with E-state index in [0.717, 1.165) is 16.7 Å². The fraction of sp³-hybridized carbons (Fsp3) is 0.0435. The van der Waals surface area contributed by atoms with E-state index in [1.807, 2.05) is 48.6 Å². The molecular weight excluding hydrogens is 276 g/mol. The van der Waals surface area contributed by atoms with Crippen molar-refractivity contribution in [1.29, 1.82) is 0 Å². The van der Waals surface area contributed by atoms with Crippen molar-refractivity contribution in [1.82, 2.24) is 0 Å². The summed E-state index contributed by atoms with van der Waals surface area (Å²) in [4.78, 5) is 0. The predicted molar refractivity (Wildman–Crippen MR) is 107 cm³/mol. The highest BCUT2D eigenvalue weighted by Crippen LogP contribution is 2.31. The molecule has 0 fully saturated rings. The first-order chi connectivity index (χ1) is 11.2. The SMILES string of the molecule is C=C/C=C\C(=C/C=C)C(/C(C=C)=C/C=C)C(/C=C\C=C)=C/C=C. The van der Waals surface area contributed by atoms with Crippen LogP contribution in [-0.2, 0) is 0 Å². The van der Waals surface area contributed by atoms with Gasteiger partial charge >= 0.3 is 0 Å². The normalized spacial score (nSPS) is 14.5. The Morgan fingerprint density at radius 2 is 0.913 bits per heavy atom. The van der Waals surface area contributed by atoms with E-state index in [0.29, 0.717) is 0 Å². The Morgan fingerprint density at radius 3 is 1.22 bits per heavy atom. The Kier molecular flexibility index (Phi) is 11.3. The Morgan fingerprint density at radius 1 is 0.522 bits per heavy atom. The minimum absolute atomic E-state index is 0.0195.